The van der Waals surface area contributed by atoms with E-state index in [-0.39, 0.29) is 0 Å². The largest absolute Gasteiger partial charge is 0.228 e. The minimum Gasteiger partial charge on any atom is -0.228 e. The summed E-state index contributed by atoms with van der Waals surface area (Å²) in [6.45, 7) is 0. The molecule has 1 nitrogen and oxygen atoms in total. The molecular formula is C11H5Cl2FIN. The van der Waals surface area contributed by atoms with E-state index < -0.39 is 5.95 Å². The minimum atomic E-state index is -0.568. The molecule has 2 aromatic rings. The van der Waals surface area contributed by atoms with E-state index in [1.807, 2.05) is 22.6 Å². The molecule has 2 rings (SSSR count). The fraction of sp³-hybridized carbons (Fsp3) is 0. The number of pyridine rings is 1. The molecule has 0 spiro atoms. The Balaban J connectivity index is 2.77. The second-order valence-corrected chi connectivity index (χ2v) is 5.03. The van der Waals surface area contributed by atoms with Crippen molar-refractivity contribution in [2.75, 3.05) is 0 Å². The predicted octanol–water partition coefficient (Wildman–Crippen LogP) is 4.80. The lowest BCUT2D eigenvalue weighted by molar-refractivity contribution is 0.586. The Bertz CT molecular complexity index is 456. The molecule has 0 fully saturated rings. The Hall–Kier alpha value is -0.390. The molecule has 1 aromatic heterocycles. The quantitative estimate of drug-likeness (QED) is 0.521. The van der Waals surface area contributed by atoms with Crippen LogP contribution in [0.2, 0.25) is 10.0 Å². The molecule has 16 heavy (non-hydrogen) atoms. The van der Waals surface area contributed by atoms with Crippen LogP contribution in [0.15, 0.2) is 30.5 Å². The van der Waals surface area contributed by atoms with Crippen molar-refractivity contribution in [3.05, 3.63) is 50.0 Å². The first-order valence-electron chi connectivity index (χ1n) is 4.35. The lowest BCUT2D eigenvalue weighted by Gasteiger charge is -2.09. The average molecular weight is 368 g/mol. The van der Waals surface area contributed by atoms with Crippen LogP contribution in [0.1, 0.15) is 0 Å². The highest BCUT2D eigenvalue weighted by molar-refractivity contribution is 14.1. The second-order valence-electron chi connectivity index (χ2n) is 3.06. The van der Waals surface area contributed by atoms with Crippen LogP contribution in [0, 0.1) is 9.52 Å². The van der Waals surface area contributed by atoms with E-state index >= 15 is 0 Å². The summed E-state index contributed by atoms with van der Waals surface area (Å²) in [5.41, 5.74) is 0.833. The van der Waals surface area contributed by atoms with Crippen molar-refractivity contribution in [3.8, 4) is 11.1 Å². The third-order valence-corrected chi connectivity index (χ3v) is 3.60. The molecule has 0 aliphatic carbocycles. The van der Waals surface area contributed by atoms with Gasteiger partial charge in [-0.05, 0) is 40.8 Å². The van der Waals surface area contributed by atoms with Crippen molar-refractivity contribution in [2.45, 2.75) is 0 Å². The van der Waals surface area contributed by atoms with Crippen molar-refractivity contribution in [3.63, 3.8) is 0 Å². The van der Waals surface area contributed by atoms with Gasteiger partial charge in [-0.15, -0.1) is 0 Å². The standard InChI is InChI=1S/C11H5Cl2FIN/c12-6-2-1-3-7(13)9(6)10-8(15)4-5-16-11(10)14/h1-5H. The molecule has 0 saturated carbocycles. The first-order chi connectivity index (χ1) is 7.61. The van der Waals surface area contributed by atoms with E-state index in [1.54, 1.807) is 24.3 Å². The van der Waals surface area contributed by atoms with Crippen molar-refractivity contribution >= 4 is 45.8 Å². The van der Waals surface area contributed by atoms with Crippen molar-refractivity contribution in [1.29, 1.82) is 0 Å². The molecule has 0 unspecified atom stereocenters. The maximum Gasteiger partial charge on any atom is 0.221 e. The van der Waals surface area contributed by atoms with Crippen LogP contribution in [-0.4, -0.2) is 4.98 Å². The highest BCUT2D eigenvalue weighted by atomic mass is 127. The van der Waals surface area contributed by atoms with Crippen LogP contribution >= 0.6 is 45.8 Å². The van der Waals surface area contributed by atoms with Gasteiger partial charge in [0, 0.05) is 15.3 Å². The fourth-order valence-corrected chi connectivity index (χ4v) is 2.61. The van der Waals surface area contributed by atoms with Gasteiger partial charge in [0.05, 0.1) is 15.6 Å². The first-order valence-corrected chi connectivity index (χ1v) is 6.19. The van der Waals surface area contributed by atoms with Crippen molar-refractivity contribution < 1.29 is 4.39 Å². The summed E-state index contributed by atoms with van der Waals surface area (Å²) in [6.07, 6.45) is 1.41. The third kappa shape index (κ3) is 2.17. The summed E-state index contributed by atoms with van der Waals surface area (Å²) in [6, 6.07) is 6.77. The van der Waals surface area contributed by atoms with Crippen LogP contribution in [0.3, 0.4) is 0 Å². The number of hydrogen-bond donors (Lipinski definition) is 0. The van der Waals surface area contributed by atoms with Gasteiger partial charge in [-0.2, -0.15) is 4.39 Å². The minimum absolute atomic E-state index is 0.346. The van der Waals surface area contributed by atoms with Crippen LogP contribution in [0.25, 0.3) is 11.1 Å². The van der Waals surface area contributed by atoms with Gasteiger partial charge in [0.1, 0.15) is 0 Å². The summed E-state index contributed by atoms with van der Waals surface area (Å²) in [7, 11) is 0. The second kappa shape index (κ2) is 4.85. The number of aromatic nitrogens is 1. The zero-order valence-electron chi connectivity index (χ0n) is 7.85. The molecular weight excluding hydrogens is 363 g/mol. The molecule has 0 amide bonds. The van der Waals surface area contributed by atoms with Crippen molar-refractivity contribution in [2.24, 2.45) is 0 Å². The molecule has 0 saturated heterocycles. The molecule has 1 aromatic carbocycles. The molecule has 1 heterocycles. The van der Waals surface area contributed by atoms with Crippen LogP contribution in [0.4, 0.5) is 4.39 Å². The summed E-state index contributed by atoms with van der Waals surface area (Å²) in [5, 5.41) is 0.828. The van der Waals surface area contributed by atoms with Gasteiger partial charge in [0.25, 0.3) is 0 Å². The lowest BCUT2D eigenvalue weighted by atomic mass is 10.1. The van der Waals surface area contributed by atoms with Gasteiger partial charge in [-0.25, -0.2) is 4.98 Å². The molecule has 0 aliphatic heterocycles. The normalized spacial score (nSPS) is 10.5. The van der Waals surface area contributed by atoms with E-state index in [1.165, 1.54) is 6.20 Å². The van der Waals surface area contributed by atoms with Crippen molar-refractivity contribution in [1.82, 2.24) is 4.98 Å². The molecule has 0 aliphatic rings. The van der Waals surface area contributed by atoms with Gasteiger partial charge < -0.3 is 0 Å². The summed E-state index contributed by atoms with van der Waals surface area (Å²) >= 11 is 14.1. The average Bonchev–Trinajstić information content (AvgIpc) is 2.21. The van der Waals surface area contributed by atoms with Gasteiger partial charge in [-0.1, -0.05) is 29.3 Å². The van der Waals surface area contributed by atoms with Gasteiger partial charge in [0.15, 0.2) is 0 Å². The van der Waals surface area contributed by atoms with E-state index in [2.05, 4.69) is 4.98 Å². The number of nitrogens with zero attached hydrogens (tertiary/aromatic N) is 1. The lowest BCUT2D eigenvalue weighted by Crippen LogP contribution is -1.93. The maximum absolute atomic E-state index is 13.7. The number of halogens is 4. The SMILES string of the molecule is Fc1nccc(I)c1-c1c(Cl)cccc1Cl. The third-order valence-electron chi connectivity index (χ3n) is 2.07. The first kappa shape index (κ1) is 12.1. The molecule has 5 heteroatoms. The number of benzene rings is 1. The number of hydrogen-bond acceptors (Lipinski definition) is 1. The van der Waals surface area contributed by atoms with E-state index in [0.717, 1.165) is 3.57 Å². The smallest absolute Gasteiger partial charge is 0.221 e. The van der Waals surface area contributed by atoms with Gasteiger partial charge >= 0.3 is 0 Å². The zero-order valence-corrected chi connectivity index (χ0v) is 11.5. The molecule has 0 atom stereocenters. The molecule has 82 valence electrons. The molecule has 0 N–H and O–H groups in total. The van der Waals surface area contributed by atoms with E-state index in [4.69, 9.17) is 23.2 Å². The van der Waals surface area contributed by atoms with Gasteiger partial charge in [-0.3, -0.25) is 0 Å². The molecule has 0 bridgehead atoms. The van der Waals surface area contributed by atoms with Gasteiger partial charge in [0.2, 0.25) is 5.95 Å². The molecule has 0 radical (unpaired) electrons. The predicted molar refractivity (Wildman–Crippen MR) is 72.4 cm³/mol. The topological polar surface area (TPSA) is 12.9 Å². The van der Waals surface area contributed by atoms with E-state index in [9.17, 15) is 4.39 Å². The summed E-state index contributed by atoms with van der Waals surface area (Å²) < 4.78 is 14.4. The van der Waals surface area contributed by atoms with Crippen LogP contribution < -0.4 is 0 Å². The Morgan fingerprint density at radius 3 is 2.25 bits per heavy atom. The maximum atomic E-state index is 13.7. The Morgan fingerprint density at radius 2 is 1.69 bits per heavy atom. The fourth-order valence-electron chi connectivity index (χ4n) is 1.37. The van der Waals surface area contributed by atoms with Crippen LogP contribution in [0.5, 0.6) is 0 Å². The zero-order chi connectivity index (χ0) is 11.7. The van der Waals surface area contributed by atoms with E-state index in [0.29, 0.717) is 21.2 Å². The monoisotopic (exact) mass is 367 g/mol. The summed E-state index contributed by atoms with van der Waals surface area (Å²) in [4.78, 5) is 3.61. The number of rotatable bonds is 1. The Morgan fingerprint density at radius 1 is 1.06 bits per heavy atom. The highest BCUT2D eigenvalue weighted by Gasteiger charge is 2.16. The summed E-state index contributed by atoms with van der Waals surface area (Å²) in [5.74, 6) is -0.568. The Labute approximate surface area is 116 Å². The Kier molecular flexibility index (Phi) is 3.66. The highest BCUT2D eigenvalue weighted by Crippen LogP contribution is 2.37. The van der Waals surface area contributed by atoms with Crippen LogP contribution in [-0.2, 0) is 0 Å².